The molecule has 0 radical (unpaired) electrons. The number of rotatable bonds is 6. The summed E-state index contributed by atoms with van der Waals surface area (Å²) in [4.78, 5) is 16.0. The molecule has 0 spiro atoms. The highest BCUT2D eigenvalue weighted by Gasteiger charge is 2.14. The Morgan fingerprint density at radius 3 is 2.65 bits per heavy atom. The van der Waals surface area contributed by atoms with Crippen LogP contribution in [0.4, 0.5) is 4.39 Å². The minimum atomic E-state index is -1.11. The summed E-state index contributed by atoms with van der Waals surface area (Å²) in [6.07, 6.45) is 0.275. The van der Waals surface area contributed by atoms with Crippen molar-refractivity contribution in [2.45, 2.75) is 26.1 Å². The van der Waals surface area contributed by atoms with Crippen LogP contribution in [0.1, 0.15) is 35.9 Å². The van der Waals surface area contributed by atoms with Crippen LogP contribution in [0.2, 0.25) is 0 Å². The van der Waals surface area contributed by atoms with Gasteiger partial charge in [0.2, 0.25) is 5.88 Å². The van der Waals surface area contributed by atoms with Crippen molar-refractivity contribution in [1.29, 1.82) is 0 Å². The molecule has 1 unspecified atom stereocenters. The molecule has 2 N–H and O–H groups in total. The number of pyridine rings is 1. The molecule has 0 bridgehead atoms. The van der Waals surface area contributed by atoms with E-state index in [1.54, 1.807) is 18.2 Å². The number of aliphatic hydroxyl groups is 1. The summed E-state index contributed by atoms with van der Waals surface area (Å²) in [5, 5.41) is 12.5. The van der Waals surface area contributed by atoms with Crippen LogP contribution in [0, 0.1) is 5.82 Å². The quantitative estimate of drug-likeness (QED) is 0.858. The number of aliphatic hydroxyl groups excluding tert-OH is 1. The van der Waals surface area contributed by atoms with Gasteiger partial charge in [-0.1, -0.05) is 18.2 Å². The van der Waals surface area contributed by atoms with Crippen molar-refractivity contribution in [3.63, 3.8) is 0 Å². The fourth-order valence-electron chi connectivity index (χ4n) is 1.97. The Morgan fingerprint density at radius 2 is 2.04 bits per heavy atom. The maximum Gasteiger partial charge on any atom is 0.252 e. The molecule has 23 heavy (non-hydrogen) atoms. The number of nitrogens with zero attached hydrogens (tertiary/aromatic N) is 1. The van der Waals surface area contributed by atoms with Gasteiger partial charge in [0, 0.05) is 24.4 Å². The zero-order valence-corrected chi connectivity index (χ0v) is 13.0. The van der Waals surface area contributed by atoms with Crippen molar-refractivity contribution in [2.75, 3.05) is 6.54 Å². The molecule has 0 aliphatic heterocycles. The number of nitrogens with one attached hydrogen (secondary N) is 1. The molecular formula is C17H19FN2O3. The lowest BCUT2D eigenvalue weighted by atomic mass is 10.1. The summed E-state index contributed by atoms with van der Waals surface area (Å²) in [5.74, 6) is -0.474. The molecule has 0 fully saturated rings. The van der Waals surface area contributed by atoms with Crippen LogP contribution in [-0.4, -0.2) is 28.6 Å². The van der Waals surface area contributed by atoms with E-state index in [2.05, 4.69) is 10.3 Å². The number of hydrogen-bond acceptors (Lipinski definition) is 4. The van der Waals surface area contributed by atoms with E-state index in [0.29, 0.717) is 11.4 Å². The molecule has 1 amide bonds. The minimum absolute atomic E-state index is 0.00177. The number of ether oxygens (including phenoxy) is 1. The Kier molecular flexibility index (Phi) is 5.65. The average Bonchev–Trinajstić information content (AvgIpc) is 2.53. The van der Waals surface area contributed by atoms with Crippen molar-refractivity contribution < 1.29 is 19.0 Å². The molecule has 0 aliphatic carbocycles. The number of carbonyl (C=O) groups is 1. The summed E-state index contributed by atoms with van der Waals surface area (Å²) in [6.45, 7) is 3.67. The van der Waals surface area contributed by atoms with E-state index < -0.39 is 17.8 Å². The number of benzene rings is 1. The zero-order chi connectivity index (χ0) is 16.8. The molecule has 6 heteroatoms. The van der Waals surface area contributed by atoms with Gasteiger partial charge in [0.1, 0.15) is 5.82 Å². The third-order valence-electron chi connectivity index (χ3n) is 3.08. The molecule has 0 saturated heterocycles. The Labute approximate surface area is 134 Å². The lowest BCUT2D eigenvalue weighted by Crippen LogP contribution is -2.28. The summed E-state index contributed by atoms with van der Waals surface area (Å²) >= 11 is 0. The lowest BCUT2D eigenvalue weighted by molar-refractivity contribution is 0.0913. The molecule has 5 nitrogen and oxygen atoms in total. The van der Waals surface area contributed by atoms with E-state index in [1.165, 1.54) is 24.4 Å². The first-order valence-electron chi connectivity index (χ1n) is 7.30. The maximum absolute atomic E-state index is 13.5. The number of amides is 1. The maximum atomic E-state index is 13.5. The molecule has 1 aromatic heterocycles. The summed E-state index contributed by atoms with van der Waals surface area (Å²) < 4.78 is 18.9. The third-order valence-corrected chi connectivity index (χ3v) is 3.08. The molecule has 2 aromatic rings. The Morgan fingerprint density at radius 1 is 1.30 bits per heavy atom. The second kappa shape index (κ2) is 7.69. The lowest BCUT2D eigenvalue weighted by Gasteiger charge is -2.13. The summed E-state index contributed by atoms with van der Waals surface area (Å²) in [7, 11) is 0. The Bertz CT molecular complexity index is 659. The van der Waals surface area contributed by atoms with Gasteiger partial charge in [-0.05, 0) is 26.0 Å². The van der Waals surface area contributed by atoms with Crippen LogP contribution in [0.5, 0.6) is 5.88 Å². The van der Waals surface area contributed by atoms with Crippen molar-refractivity contribution in [3.05, 3.63) is 59.5 Å². The number of halogens is 1. The molecule has 0 saturated carbocycles. The SMILES string of the molecule is CC(C)Oc1ccc(C(=O)NCC(O)c2ccccc2F)cn1. The monoisotopic (exact) mass is 318 g/mol. The van der Waals surface area contributed by atoms with Crippen LogP contribution in [0.15, 0.2) is 42.6 Å². The van der Waals surface area contributed by atoms with E-state index in [0.717, 1.165) is 0 Å². The number of carbonyl (C=O) groups excluding carboxylic acids is 1. The molecule has 1 atom stereocenters. The zero-order valence-electron chi connectivity index (χ0n) is 13.0. The van der Waals surface area contributed by atoms with Gasteiger partial charge < -0.3 is 15.2 Å². The first-order valence-corrected chi connectivity index (χ1v) is 7.30. The van der Waals surface area contributed by atoms with E-state index >= 15 is 0 Å². The van der Waals surface area contributed by atoms with Gasteiger partial charge in [-0.2, -0.15) is 0 Å². The van der Waals surface area contributed by atoms with E-state index in [4.69, 9.17) is 4.74 Å². The largest absolute Gasteiger partial charge is 0.475 e. The normalized spacial score (nSPS) is 12.0. The van der Waals surface area contributed by atoms with E-state index in [9.17, 15) is 14.3 Å². The van der Waals surface area contributed by atoms with Crippen LogP contribution in [-0.2, 0) is 0 Å². The van der Waals surface area contributed by atoms with Gasteiger partial charge in [0.25, 0.3) is 5.91 Å². The fourth-order valence-corrected chi connectivity index (χ4v) is 1.97. The van der Waals surface area contributed by atoms with Crippen molar-refractivity contribution >= 4 is 5.91 Å². The highest BCUT2D eigenvalue weighted by molar-refractivity contribution is 5.93. The first-order chi connectivity index (χ1) is 11.0. The number of hydrogen-bond donors (Lipinski definition) is 2. The first kappa shape index (κ1) is 16.9. The van der Waals surface area contributed by atoms with Crippen LogP contribution in [0.25, 0.3) is 0 Å². The van der Waals surface area contributed by atoms with Gasteiger partial charge in [-0.3, -0.25) is 4.79 Å². The van der Waals surface area contributed by atoms with Crippen LogP contribution in [0.3, 0.4) is 0 Å². The van der Waals surface area contributed by atoms with Crippen molar-refractivity contribution in [2.24, 2.45) is 0 Å². The van der Waals surface area contributed by atoms with Gasteiger partial charge in [0.05, 0.1) is 17.8 Å². The third kappa shape index (κ3) is 4.75. The number of aromatic nitrogens is 1. The van der Waals surface area contributed by atoms with Gasteiger partial charge in [0.15, 0.2) is 0 Å². The van der Waals surface area contributed by atoms with Gasteiger partial charge >= 0.3 is 0 Å². The molecular weight excluding hydrogens is 299 g/mol. The van der Waals surface area contributed by atoms with Gasteiger partial charge in [-0.25, -0.2) is 9.37 Å². The summed E-state index contributed by atoms with van der Waals surface area (Å²) in [5.41, 5.74) is 0.480. The molecule has 0 aliphatic rings. The second-order valence-corrected chi connectivity index (χ2v) is 5.30. The Hall–Kier alpha value is -2.47. The topological polar surface area (TPSA) is 71.5 Å². The standard InChI is InChI=1S/C17H19FN2O3/c1-11(2)23-16-8-7-12(9-19-16)17(22)20-10-15(21)13-5-3-4-6-14(13)18/h3-9,11,15,21H,10H2,1-2H3,(H,20,22). The fraction of sp³-hybridized carbons (Fsp3) is 0.294. The molecule has 1 heterocycles. The molecule has 2 rings (SSSR count). The smallest absolute Gasteiger partial charge is 0.252 e. The van der Waals surface area contributed by atoms with Gasteiger partial charge in [-0.15, -0.1) is 0 Å². The van der Waals surface area contributed by atoms with E-state index in [-0.39, 0.29) is 18.2 Å². The molecule has 1 aromatic carbocycles. The van der Waals surface area contributed by atoms with Crippen molar-refractivity contribution in [3.8, 4) is 5.88 Å². The van der Waals surface area contributed by atoms with Crippen LogP contribution < -0.4 is 10.1 Å². The minimum Gasteiger partial charge on any atom is -0.475 e. The molecule has 122 valence electrons. The van der Waals surface area contributed by atoms with E-state index in [1.807, 2.05) is 13.8 Å². The van der Waals surface area contributed by atoms with Crippen LogP contribution >= 0.6 is 0 Å². The second-order valence-electron chi connectivity index (χ2n) is 5.30. The highest BCUT2D eigenvalue weighted by Crippen LogP contribution is 2.16. The predicted octanol–water partition coefficient (Wildman–Crippen LogP) is 2.47. The van der Waals surface area contributed by atoms with Crippen molar-refractivity contribution in [1.82, 2.24) is 10.3 Å². The highest BCUT2D eigenvalue weighted by atomic mass is 19.1. The summed E-state index contributed by atoms with van der Waals surface area (Å²) in [6, 6.07) is 9.08. The average molecular weight is 318 g/mol. The Balaban J connectivity index is 1.93. The predicted molar refractivity (Wildman–Crippen MR) is 83.7 cm³/mol.